The summed E-state index contributed by atoms with van der Waals surface area (Å²) >= 11 is 0. The molecule has 0 heterocycles. The van der Waals surface area contributed by atoms with Gasteiger partial charge < -0.3 is 20.2 Å². The fourth-order valence-electron chi connectivity index (χ4n) is 2.80. The molecule has 0 fully saturated rings. The van der Waals surface area contributed by atoms with Crippen molar-refractivity contribution in [3.63, 3.8) is 0 Å². The van der Waals surface area contributed by atoms with E-state index in [2.05, 4.69) is 0 Å². The van der Waals surface area contributed by atoms with E-state index >= 15 is 0 Å². The summed E-state index contributed by atoms with van der Waals surface area (Å²) in [6.45, 7) is 7.35. The quantitative estimate of drug-likeness (QED) is 0.712. The lowest BCUT2D eigenvalue weighted by atomic mass is 9.84. The Morgan fingerprint density at radius 3 is 2.21 bits per heavy atom. The highest BCUT2D eigenvalue weighted by atomic mass is 16.3. The lowest BCUT2D eigenvalue weighted by Gasteiger charge is -2.38. The third-order valence-electron chi connectivity index (χ3n) is 4.87. The largest absolute Gasteiger partial charge is 0.507 e. The number of hydrogen-bond acceptors (Lipinski definition) is 4. The first kappa shape index (κ1) is 20.5. The molecule has 0 radical (unpaired) electrons. The number of nitrogens with zero attached hydrogens (tertiary/aromatic N) is 1. The molecule has 0 spiro atoms. The number of phenols is 1. The second-order valence-electron chi connectivity index (χ2n) is 7.41. The summed E-state index contributed by atoms with van der Waals surface area (Å²) in [5.74, 6) is 0.0760. The van der Waals surface area contributed by atoms with Crippen LogP contribution in [0.25, 0.3) is 0 Å². The number of amides is 1. The maximum atomic E-state index is 12.5. The van der Waals surface area contributed by atoms with E-state index in [0.717, 1.165) is 11.1 Å². The first-order chi connectivity index (χ1) is 11.1. The number of likely N-dealkylation sites (N-methyl/N-ethyl adjacent to an activating group) is 1. The van der Waals surface area contributed by atoms with E-state index < -0.39 is 5.54 Å². The number of phenolic OH excluding ortho intramolecular Hbond substituents is 1. The number of rotatable bonds is 7. The van der Waals surface area contributed by atoms with Crippen molar-refractivity contribution in [1.29, 1.82) is 0 Å². The van der Waals surface area contributed by atoms with Gasteiger partial charge in [0, 0.05) is 13.5 Å². The maximum absolute atomic E-state index is 12.5. The van der Waals surface area contributed by atoms with Crippen LogP contribution in [0.3, 0.4) is 0 Å². The fraction of sp³-hybridized carbons (Fsp3) is 0.632. The number of aliphatic hydroxyl groups excluding tert-OH is 2. The van der Waals surface area contributed by atoms with Crippen LogP contribution in [0.2, 0.25) is 0 Å². The molecule has 0 aliphatic carbocycles. The number of hydrogen-bond donors (Lipinski definition) is 3. The molecule has 1 aromatic rings. The third kappa shape index (κ3) is 4.28. The summed E-state index contributed by atoms with van der Waals surface area (Å²) in [7, 11) is 1.60. The highest BCUT2D eigenvalue weighted by Gasteiger charge is 2.34. The van der Waals surface area contributed by atoms with Gasteiger partial charge in [0.25, 0.3) is 0 Å². The van der Waals surface area contributed by atoms with Crippen molar-refractivity contribution in [1.82, 2.24) is 4.90 Å². The minimum atomic E-state index is -0.938. The smallest absolute Gasteiger partial charge is 0.223 e. The molecule has 1 aromatic carbocycles. The Morgan fingerprint density at radius 2 is 1.75 bits per heavy atom. The zero-order valence-electron chi connectivity index (χ0n) is 15.5. The number of para-hydroxylation sites is 1. The topological polar surface area (TPSA) is 81.0 Å². The Kier molecular flexibility index (Phi) is 6.81. The van der Waals surface area contributed by atoms with Crippen LogP contribution < -0.4 is 0 Å². The molecule has 1 amide bonds. The van der Waals surface area contributed by atoms with Crippen LogP contribution in [0.4, 0.5) is 0 Å². The second kappa shape index (κ2) is 7.99. The van der Waals surface area contributed by atoms with Crippen molar-refractivity contribution >= 4 is 5.91 Å². The van der Waals surface area contributed by atoms with Gasteiger partial charge in [-0.15, -0.1) is 0 Å². The molecule has 3 N–H and O–H groups in total. The van der Waals surface area contributed by atoms with Gasteiger partial charge in [0.15, 0.2) is 0 Å². The van der Waals surface area contributed by atoms with Crippen molar-refractivity contribution in [3.8, 4) is 5.75 Å². The molecular weight excluding hydrogens is 306 g/mol. The Morgan fingerprint density at radius 1 is 1.17 bits per heavy atom. The van der Waals surface area contributed by atoms with Gasteiger partial charge in [-0.3, -0.25) is 4.79 Å². The molecule has 0 aliphatic rings. The Hall–Kier alpha value is -1.59. The minimum absolute atomic E-state index is 0.166. The summed E-state index contributed by atoms with van der Waals surface area (Å²) in [5.41, 5.74) is 0.479. The highest BCUT2D eigenvalue weighted by molar-refractivity contribution is 5.77. The average molecular weight is 337 g/mol. The zero-order valence-corrected chi connectivity index (χ0v) is 15.5. The molecule has 0 aliphatic heterocycles. The van der Waals surface area contributed by atoms with E-state index in [1.165, 1.54) is 4.90 Å². The lowest BCUT2D eigenvalue weighted by Crippen LogP contribution is -2.54. The molecule has 0 bridgehead atoms. The first-order valence-electron chi connectivity index (χ1n) is 8.42. The Bertz CT molecular complexity index is 551. The van der Waals surface area contributed by atoms with Crippen LogP contribution in [0.1, 0.15) is 51.7 Å². The predicted molar refractivity (Wildman–Crippen MR) is 95.1 cm³/mol. The lowest BCUT2D eigenvalue weighted by molar-refractivity contribution is -0.140. The van der Waals surface area contributed by atoms with Crippen LogP contribution in [0.5, 0.6) is 5.75 Å². The van der Waals surface area contributed by atoms with Gasteiger partial charge in [0.2, 0.25) is 5.91 Å². The Balaban J connectivity index is 2.89. The SMILES string of the molecule is CCC(CO)(CO)N(C)C(=O)CCc1cccc(C(C)(C)C)c1O. The normalized spacial score (nSPS) is 12.3. The van der Waals surface area contributed by atoms with Crippen molar-refractivity contribution in [2.75, 3.05) is 20.3 Å². The van der Waals surface area contributed by atoms with Crippen molar-refractivity contribution in [2.24, 2.45) is 0 Å². The van der Waals surface area contributed by atoms with Gasteiger partial charge in [-0.1, -0.05) is 45.9 Å². The molecule has 136 valence electrons. The number of aromatic hydroxyl groups is 1. The van der Waals surface area contributed by atoms with Gasteiger partial charge in [-0.25, -0.2) is 0 Å². The van der Waals surface area contributed by atoms with E-state index in [1.54, 1.807) is 7.05 Å². The summed E-state index contributed by atoms with van der Waals surface area (Å²) < 4.78 is 0. The van der Waals surface area contributed by atoms with E-state index in [-0.39, 0.29) is 36.7 Å². The van der Waals surface area contributed by atoms with E-state index in [9.17, 15) is 20.1 Å². The van der Waals surface area contributed by atoms with Crippen LogP contribution in [0.15, 0.2) is 18.2 Å². The molecule has 5 nitrogen and oxygen atoms in total. The van der Waals surface area contributed by atoms with E-state index in [1.807, 2.05) is 45.9 Å². The van der Waals surface area contributed by atoms with Crippen molar-refractivity contribution in [3.05, 3.63) is 29.3 Å². The Labute approximate surface area is 144 Å². The number of aliphatic hydroxyl groups is 2. The molecule has 0 saturated carbocycles. The standard InChI is InChI=1S/C19H31NO4/c1-6-19(12-21,13-22)20(5)16(23)11-10-14-8-7-9-15(17(14)24)18(2,3)4/h7-9,21-22,24H,6,10-13H2,1-5H3. The van der Waals surface area contributed by atoms with Crippen LogP contribution in [-0.2, 0) is 16.6 Å². The highest BCUT2D eigenvalue weighted by Crippen LogP contribution is 2.33. The summed E-state index contributed by atoms with van der Waals surface area (Å²) in [4.78, 5) is 13.9. The monoisotopic (exact) mass is 337 g/mol. The number of carbonyl (C=O) groups is 1. The summed E-state index contributed by atoms with van der Waals surface area (Å²) in [6.07, 6.45) is 1.09. The van der Waals surface area contributed by atoms with Crippen molar-refractivity contribution in [2.45, 2.75) is 57.9 Å². The van der Waals surface area contributed by atoms with Gasteiger partial charge in [0.1, 0.15) is 5.75 Å². The molecular formula is C19H31NO4. The summed E-state index contributed by atoms with van der Waals surface area (Å²) in [5, 5.41) is 29.6. The van der Waals surface area contributed by atoms with Gasteiger partial charge >= 0.3 is 0 Å². The zero-order chi connectivity index (χ0) is 18.5. The number of aryl methyl sites for hydroxylation is 1. The molecule has 0 saturated heterocycles. The maximum Gasteiger partial charge on any atom is 0.223 e. The summed E-state index contributed by atoms with van der Waals surface area (Å²) in [6, 6.07) is 5.61. The van der Waals surface area contributed by atoms with Gasteiger partial charge in [0.05, 0.1) is 18.8 Å². The molecule has 24 heavy (non-hydrogen) atoms. The molecule has 0 aromatic heterocycles. The second-order valence-corrected chi connectivity index (χ2v) is 7.41. The molecule has 5 heteroatoms. The first-order valence-corrected chi connectivity index (χ1v) is 8.42. The van der Waals surface area contributed by atoms with Crippen LogP contribution in [0, 0.1) is 0 Å². The van der Waals surface area contributed by atoms with Crippen molar-refractivity contribution < 1.29 is 20.1 Å². The fourth-order valence-corrected chi connectivity index (χ4v) is 2.80. The van der Waals surface area contributed by atoms with Crippen LogP contribution in [-0.4, -0.2) is 51.9 Å². The molecule has 0 atom stereocenters. The van der Waals surface area contributed by atoms with E-state index in [0.29, 0.717) is 12.8 Å². The van der Waals surface area contributed by atoms with E-state index in [4.69, 9.17) is 0 Å². The minimum Gasteiger partial charge on any atom is -0.507 e. The van der Waals surface area contributed by atoms with Gasteiger partial charge in [-0.2, -0.15) is 0 Å². The third-order valence-corrected chi connectivity index (χ3v) is 4.87. The molecule has 1 rings (SSSR count). The van der Waals surface area contributed by atoms with Gasteiger partial charge in [-0.05, 0) is 29.4 Å². The molecule has 0 unspecified atom stereocenters. The van der Waals surface area contributed by atoms with Crippen LogP contribution >= 0.6 is 0 Å². The average Bonchev–Trinajstić information content (AvgIpc) is 2.54. The number of carbonyl (C=O) groups excluding carboxylic acids is 1. The predicted octanol–water partition coefficient (Wildman–Crippen LogP) is 2.21. The number of benzene rings is 1.